The Balaban J connectivity index is 2.21. The largest absolute Gasteiger partial charge is 0.493 e. The first kappa shape index (κ1) is 14.8. The molecule has 1 aromatic carbocycles. The van der Waals surface area contributed by atoms with Gasteiger partial charge in [-0.05, 0) is 38.6 Å². The third-order valence-corrected chi connectivity index (χ3v) is 2.90. The van der Waals surface area contributed by atoms with E-state index in [2.05, 4.69) is 18.9 Å². The first-order chi connectivity index (χ1) is 8.77. The van der Waals surface area contributed by atoms with Gasteiger partial charge in [0.05, 0.1) is 13.7 Å². The van der Waals surface area contributed by atoms with Crippen LogP contribution in [-0.4, -0.2) is 38.8 Å². The summed E-state index contributed by atoms with van der Waals surface area (Å²) in [6.07, 6.45) is 3.56. The number of ether oxygens (including phenoxy) is 2. The van der Waals surface area contributed by atoms with E-state index in [0.29, 0.717) is 0 Å². The first-order valence-corrected chi connectivity index (χ1v) is 6.72. The van der Waals surface area contributed by atoms with Crippen molar-refractivity contribution in [2.24, 2.45) is 0 Å². The van der Waals surface area contributed by atoms with Crippen molar-refractivity contribution in [3.63, 3.8) is 0 Å². The fourth-order valence-corrected chi connectivity index (χ4v) is 1.79. The van der Waals surface area contributed by atoms with E-state index in [0.717, 1.165) is 31.1 Å². The summed E-state index contributed by atoms with van der Waals surface area (Å²) in [6, 6.07) is 7.78. The lowest BCUT2D eigenvalue weighted by Crippen LogP contribution is -2.22. The average molecular weight is 251 g/mol. The fourth-order valence-electron chi connectivity index (χ4n) is 1.79. The maximum atomic E-state index is 5.73. The zero-order valence-electron chi connectivity index (χ0n) is 11.8. The van der Waals surface area contributed by atoms with Gasteiger partial charge in [-0.25, -0.2) is 0 Å². The molecule has 1 aromatic rings. The Morgan fingerprint density at radius 1 is 1.06 bits per heavy atom. The van der Waals surface area contributed by atoms with Gasteiger partial charge in [0.15, 0.2) is 11.5 Å². The van der Waals surface area contributed by atoms with Crippen molar-refractivity contribution < 1.29 is 9.47 Å². The van der Waals surface area contributed by atoms with Gasteiger partial charge in [-0.2, -0.15) is 0 Å². The molecule has 0 aromatic heterocycles. The summed E-state index contributed by atoms with van der Waals surface area (Å²) < 4.78 is 11.0. The maximum Gasteiger partial charge on any atom is 0.161 e. The number of para-hydroxylation sites is 2. The van der Waals surface area contributed by atoms with Gasteiger partial charge >= 0.3 is 0 Å². The second kappa shape index (κ2) is 8.81. The number of benzene rings is 1. The molecule has 0 atom stereocenters. The number of methoxy groups -OCH3 is 1. The van der Waals surface area contributed by atoms with Crippen LogP contribution in [0.3, 0.4) is 0 Å². The van der Waals surface area contributed by atoms with Crippen molar-refractivity contribution >= 4 is 0 Å². The highest BCUT2D eigenvalue weighted by atomic mass is 16.5. The summed E-state index contributed by atoms with van der Waals surface area (Å²) in [5, 5.41) is 0. The smallest absolute Gasteiger partial charge is 0.161 e. The quantitative estimate of drug-likeness (QED) is 0.629. The van der Waals surface area contributed by atoms with Gasteiger partial charge in [0.25, 0.3) is 0 Å². The molecule has 0 aliphatic rings. The number of nitrogens with zero attached hydrogens (tertiary/aromatic N) is 1. The van der Waals surface area contributed by atoms with E-state index in [4.69, 9.17) is 9.47 Å². The molecular weight excluding hydrogens is 226 g/mol. The minimum atomic E-state index is 0.733. The minimum Gasteiger partial charge on any atom is -0.493 e. The standard InChI is InChI=1S/C15H25NO2/c1-4-5-11-16(2)12-8-13-18-15-10-7-6-9-14(15)17-3/h6-7,9-10H,4-5,8,11-13H2,1-3H3. The van der Waals surface area contributed by atoms with Gasteiger partial charge in [0.2, 0.25) is 0 Å². The topological polar surface area (TPSA) is 21.7 Å². The van der Waals surface area contributed by atoms with E-state index in [1.54, 1.807) is 7.11 Å². The Morgan fingerprint density at radius 3 is 2.39 bits per heavy atom. The number of rotatable bonds is 9. The molecule has 0 heterocycles. The van der Waals surface area contributed by atoms with Crippen LogP contribution < -0.4 is 9.47 Å². The Kier molecular flexibility index (Phi) is 7.26. The lowest BCUT2D eigenvalue weighted by atomic mass is 10.3. The van der Waals surface area contributed by atoms with Crippen LogP contribution in [0, 0.1) is 0 Å². The summed E-state index contributed by atoms with van der Waals surface area (Å²) in [7, 11) is 3.83. The van der Waals surface area contributed by atoms with Crippen LogP contribution in [0.4, 0.5) is 0 Å². The molecule has 0 radical (unpaired) electrons. The average Bonchev–Trinajstić information content (AvgIpc) is 2.41. The van der Waals surface area contributed by atoms with Crippen LogP contribution >= 0.6 is 0 Å². The molecule has 0 amide bonds. The zero-order valence-corrected chi connectivity index (χ0v) is 11.8. The van der Waals surface area contributed by atoms with Crippen molar-refractivity contribution in [3.05, 3.63) is 24.3 Å². The summed E-state index contributed by atoms with van der Waals surface area (Å²) in [5.41, 5.74) is 0. The second-order valence-electron chi connectivity index (χ2n) is 4.51. The normalized spacial score (nSPS) is 10.7. The molecule has 0 aliphatic carbocycles. The number of hydrogen-bond donors (Lipinski definition) is 0. The lowest BCUT2D eigenvalue weighted by Gasteiger charge is -2.16. The molecule has 3 nitrogen and oxygen atoms in total. The van der Waals surface area contributed by atoms with E-state index in [1.807, 2.05) is 24.3 Å². The molecule has 0 unspecified atom stereocenters. The highest BCUT2D eigenvalue weighted by Crippen LogP contribution is 2.25. The van der Waals surface area contributed by atoms with Crippen molar-refractivity contribution in [1.82, 2.24) is 4.90 Å². The van der Waals surface area contributed by atoms with Crippen LogP contribution in [0.25, 0.3) is 0 Å². The summed E-state index contributed by atoms with van der Waals surface area (Å²) >= 11 is 0. The molecule has 0 saturated heterocycles. The van der Waals surface area contributed by atoms with Crippen LogP contribution in [0.5, 0.6) is 11.5 Å². The Morgan fingerprint density at radius 2 is 1.72 bits per heavy atom. The summed E-state index contributed by atoms with van der Waals surface area (Å²) in [5.74, 6) is 1.63. The lowest BCUT2D eigenvalue weighted by molar-refractivity contribution is 0.252. The summed E-state index contributed by atoms with van der Waals surface area (Å²) in [4.78, 5) is 2.36. The van der Waals surface area contributed by atoms with Crippen LogP contribution in [0.1, 0.15) is 26.2 Å². The third kappa shape index (κ3) is 5.41. The van der Waals surface area contributed by atoms with E-state index in [-0.39, 0.29) is 0 Å². The predicted molar refractivity (Wildman–Crippen MR) is 75.5 cm³/mol. The van der Waals surface area contributed by atoms with Gasteiger partial charge in [-0.1, -0.05) is 25.5 Å². The number of hydrogen-bond acceptors (Lipinski definition) is 3. The van der Waals surface area contributed by atoms with Gasteiger partial charge in [-0.3, -0.25) is 0 Å². The second-order valence-corrected chi connectivity index (χ2v) is 4.51. The minimum absolute atomic E-state index is 0.733. The van der Waals surface area contributed by atoms with E-state index < -0.39 is 0 Å². The van der Waals surface area contributed by atoms with Crippen LogP contribution in [0.15, 0.2) is 24.3 Å². The molecule has 0 fully saturated rings. The molecule has 1 rings (SSSR count). The molecule has 0 N–H and O–H groups in total. The molecule has 3 heteroatoms. The van der Waals surface area contributed by atoms with Crippen LogP contribution in [-0.2, 0) is 0 Å². The third-order valence-electron chi connectivity index (χ3n) is 2.90. The van der Waals surface area contributed by atoms with E-state index in [1.165, 1.54) is 19.4 Å². The molecular formula is C15H25NO2. The SMILES string of the molecule is CCCCN(C)CCCOc1ccccc1OC. The number of unbranched alkanes of at least 4 members (excludes halogenated alkanes) is 1. The predicted octanol–water partition coefficient (Wildman–Crippen LogP) is 3.20. The van der Waals surface area contributed by atoms with Crippen molar-refractivity contribution in [1.29, 1.82) is 0 Å². The van der Waals surface area contributed by atoms with Gasteiger partial charge < -0.3 is 14.4 Å². The Labute approximate surface area is 111 Å². The molecule has 0 bridgehead atoms. The highest BCUT2D eigenvalue weighted by Gasteiger charge is 2.02. The maximum absolute atomic E-state index is 5.73. The van der Waals surface area contributed by atoms with Crippen LogP contribution in [0.2, 0.25) is 0 Å². The van der Waals surface area contributed by atoms with Crippen molar-refractivity contribution in [3.8, 4) is 11.5 Å². The first-order valence-electron chi connectivity index (χ1n) is 6.72. The Bertz CT molecular complexity index is 328. The van der Waals surface area contributed by atoms with Crippen molar-refractivity contribution in [2.45, 2.75) is 26.2 Å². The monoisotopic (exact) mass is 251 g/mol. The molecule has 102 valence electrons. The van der Waals surface area contributed by atoms with E-state index >= 15 is 0 Å². The van der Waals surface area contributed by atoms with E-state index in [9.17, 15) is 0 Å². The molecule has 0 spiro atoms. The van der Waals surface area contributed by atoms with Gasteiger partial charge in [0, 0.05) is 6.54 Å². The van der Waals surface area contributed by atoms with Crippen molar-refractivity contribution in [2.75, 3.05) is 33.9 Å². The molecule has 0 saturated carbocycles. The van der Waals surface area contributed by atoms with Gasteiger partial charge in [-0.15, -0.1) is 0 Å². The Hall–Kier alpha value is -1.22. The van der Waals surface area contributed by atoms with Gasteiger partial charge in [0.1, 0.15) is 0 Å². The fraction of sp³-hybridized carbons (Fsp3) is 0.600. The summed E-state index contributed by atoms with van der Waals surface area (Å²) in [6.45, 7) is 5.20. The molecule has 0 aliphatic heterocycles. The zero-order chi connectivity index (χ0) is 13.2. The highest BCUT2D eigenvalue weighted by molar-refractivity contribution is 5.39. The molecule has 18 heavy (non-hydrogen) atoms.